The number of rotatable bonds is 5. The Balaban J connectivity index is 2.06. The fourth-order valence-electron chi connectivity index (χ4n) is 1.93. The number of benzene rings is 1. The lowest BCUT2D eigenvalue weighted by Crippen LogP contribution is -2.19. The molecule has 0 bridgehead atoms. The number of carbonyl (C=O) groups is 1. The van der Waals surface area contributed by atoms with Crippen molar-refractivity contribution in [2.45, 2.75) is 32.3 Å². The summed E-state index contributed by atoms with van der Waals surface area (Å²) in [5.41, 5.74) is 0.686. The van der Waals surface area contributed by atoms with E-state index in [1.807, 2.05) is 18.2 Å². The van der Waals surface area contributed by atoms with Gasteiger partial charge in [0.05, 0.1) is 6.61 Å². The minimum atomic E-state index is -0.253. The fraction of sp³-hybridized carbons (Fsp3) is 0.500. The largest absolute Gasteiger partial charge is 0.494 e. The summed E-state index contributed by atoms with van der Waals surface area (Å²) < 4.78 is 10.9. The van der Waals surface area contributed by atoms with Gasteiger partial charge in [-0.1, -0.05) is 19.1 Å². The van der Waals surface area contributed by atoms with Crippen molar-refractivity contribution in [3.05, 3.63) is 29.8 Å². The molecule has 1 atom stereocenters. The van der Waals surface area contributed by atoms with Gasteiger partial charge in [0, 0.05) is 12.2 Å². The predicted octanol–water partition coefficient (Wildman–Crippen LogP) is 2.84. The van der Waals surface area contributed by atoms with Crippen molar-refractivity contribution in [2.24, 2.45) is 0 Å². The second-order valence-corrected chi connectivity index (χ2v) is 4.24. The van der Waals surface area contributed by atoms with Gasteiger partial charge >= 0.3 is 0 Å². The maximum absolute atomic E-state index is 12.1. The molecule has 17 heavy (non-hydrogen) atoms. The number of carbonyl (C=O) groups excluding carboxylic acids is 1. The average molecular weight is 234 g/mol. The zero-order chi connectivity index (χ0) is 12.1. The lowest BCUT2D eigenvalue weighted by molar-refractivity contribution is 0.0642. The van der Waals surface area contributed by atoms with Crippen LogP contribution in [-0.2, 0) is 4.74 Å². The Bertz CT molecular complexity index is 381. The third-order valence-corrected chi connectivity index (χ3v) is 2.81. The molecule has 3 nitrogen and oxygen atoms in total. The molecule has 3 heteroatoms. The third kappa shape index (κ3) is 3.07. The molecule has 1 fully saturated rings. The first-order valence-electron chi connectivity index (χ1n) is 6.20. The van der Waals surface area contributed by atoms with Crippen molar-refractivity contribution in [1.82, 2.24) is 0 Å². The van der Waals surface area contributed by atoms with E-state index in [9.17, 15) is 4.79 Å². The number of hydrogen-bond donors (Lipinski definition) is 0. The van der Waals surface area contributed by atoms with Crippen molar-refractivity contribution >= 4 is 5.78 Å². The molecule has 1 unspecified atom stereocenters. The quantitative estimate of drug-likeness (QED) is 0.735. The van der Waals surface area contributed by atoms with Crippen LogP contribution in [0.3, 0.4) is 0 Å². The summed E-state index contributed by atoms with van der Waals surface area (Å²) >= 11 is 0. The van der Waals surface area contributed by atoms with Crippen molar-refractivity contribution in [2.75, 3.05) is 13.2 Å². The van der Waals surface area contributed by atoms with E-state index in [2.05, 4.69) is 6.92 Å². The molecule has 1 aliphatic heterocycles. The Morgan fingerprint density at radius 2 is 2.41 bits per heavy atom. The van der Waals surface area contributed by atoms with Gasteiger partial charge in [-0.15, -0.1) is 0 Å². The van der Waals surface area contributed by atoms with Gasteiger partial charge in [0.2, 0.25) is 0 Å². The van der Waals surface area contributed by atoms with Crippen LogP contribution in [0.4, 0.5) is 0 Å². The van der Waals surface area contributed by atoms with Crippen LogP contribution in [0.15, 0.2) is 24.3 Å². The zero-order valence-corrected chi connectivity index (χ0v) is 10.1. The van der Waals surface area contributed by atoms with Crippen LogP contribution in [0.1, 0.15) is 36.5 Å². The Morgan fingerprint density at radius 3 is 3.12 bits per heavy atom. The smallest absolute Gasteiger partial charge is 0.191 e. The van der Waals surface area contributed by atoms with Gasteiger partial charge < -0.3 is 9.47 Å². The number of Topliss-reactive ketones (excluding diaryl/α,β-unsaturated/α-hetero) is 1. The highest BCUT2D eigenvalue weighted by molar-refractivity contribution is 5.99. The molecule has 0 saturated carbocycles. The van der Waals surface area contributed by atoms with E-state index in [0.717, 1.165) is 25.0 Å². The fourth-order valence-corrected chi connectivity index (χ4v) is 1.93. The molecule has 1 aromatic carbocycles. The first-order valence-corrected chi connectivity index (χ1v) is 6.20. The Hall–Kier alpha value is -1.35. The summed E-state index contributed by atoms with van der Waals surface area (Å²) in [6, 6.07) is 7.36. The summed E-state index contributed by atoms with van der Waals surface area (Å²) in [6.45, 7) is 3.43. The Labute approximate surface area is 102 Å². The highest BCUT2D eigenvalue weighted by Crippen LogP contribution is 2.20. The van der Waals surface area contributed by atoms with Gasteiger partial charge in [-0.3, -0.25) is 4.79 Å². The molecule has 92 valence electrons. The van der Waals surface area contributed by atoms with Gasteiger partial charge in [0.25, 0.3) is 0 Å². The van der Waals surface area contributed by atoms with E-state index in [0.29, 0.717) is 18.8 Å². The summed E-state index contributed by atoms with van der Waals surface area (Å²) in [6.07, 6.45) is 2.52. The van der Waals surface area contributed by atoms with Crippen LogP contribution in [0.25, 0.3) is 0 Å². The van der Waals surface area contributed by atoms with Crippen molar-refractivity contribution in [3.8, 4) is 5.75 Å². The van der Waals surface area contributed by atoms with Gasteiger partial charge in [0.15, 0.2) is 5.78 Å². The first kappa shape index (κ1) is 12.1. The second kappa shape index (κ2) is 5.82. The molecule has 0 amide bonds. The van der Waals surface area contributed by atoms with E-state index >= 15 is 0 Å². The molecule has 0 spiro atoms. The lowest BCUT2D eigenvalue weighted by Gasteiger charge is -2.10. The van der Waals surface area contributed by atoms with Crippen LogP contribution >= 0.6 is 0 Å². The van der Waals surface area contributed by atoms with E-state index in [4.69, 9.17) is 9.47 Å². The van der Waals surface area contributed by atoms with Crippen LogP contribution in [-0.4, -0.2) is 25.1 Å². The molecule has 2 rings (SSSR count). The van der Waals surface area contributed by atoms with Gasteiger partial charge in [0.1, 0.15) is 11.9 Å². The molecule has 0 radical (unpaired) electrons. The minimum Gasteiger partial charge on any atom is -0.494 e. The van der Waals surface area contributed by atoms with E-state index in [-0.39, 0.29) is 11.9 Å². The molecule has 0 aliphatic carbocycles. The van der Waals surface area contributed by atoms with Crippen molar-refractivity contribution in [1.29, 1.82) is 0 Å². The average Bonchev–Trinajstić information content (AvgIpc) is 2.89. The maximum atomic E-state index is 12.1. The third-order valence-electron chi connectivity index (χ3n) is 2.81. The van der Waals surface area contributed by atoms with Gasteiger partial charge in [-0.2, -0.15) is 0 Å². The molecule has 1 saturated heterocycles. The summed E-state index contributed by atoms with van der Waals surface area (Å²) in [5.74, 6) is 0.833. The van der Waals surface area contributed by atoms with E-state index in [1.54, 1.807) is 6.07 Å². The monoisotopic (exact) mass is 234 g/mol. The molecule has 0 N–H and O–H groups in total. The molecular formula is C14H18O3. The van der Waals surface area contributed by atoms with E-state index in [1.165, 1.54) is 0 Å². The summed E-state index contributed by atoms with van der Waals surface area (Å²) in [7, 11) is 0. The SMILES string of the molecule is CCCOc1cccc(C(=O)C2CCCO2)c1. The second-order valence-electron chi connectivity index (χ2n) is 4.24. The van der Waals surface area contributed by atoms with Crippen molar-refractivity contribution in [3.63, 3.8) is 0 Å². The summed E-state index contributed by atoms with van der Waals surface area (Å²) in [5, 5.41) is 0. The molecule has 1 aromatic rings. The number of ether oxygens (including phenoxy) is 2. The van der Waals surface area contributed by atoms with Crippen LogP contribution in [0.5, 0.6) is 5.75 Å². The number of hydrogen-bond acceptors (Lipinski definition) is 3. The summed E-state index contributed by atoms with van der Waals surface area (Å²) in [4.78, 5) is 12.1. The minimum absolute atomic E-state index is 0.0736. The Kier molecular flexibility index (Phi) is 4.15. The molecule has 0 aromatic heterocycles. The topological polar surface area (TPSA) is 35.5 Å². The lowest BCUT2D eigenvalue weighted by atomic mass is 10.0. The van der Waals surface area contributed by atoms with Crippen molar-refractivity contribution < 1.29 is 14.3 Å². The highest BCUT2D eigenvalue weighted by atomic mass is 16.5. The predicted molar refractivity (Wildman–Crippen MR) is 65.5 cm³/mol. The van der Waals surface area contributed by atoms with Crippen LogP contribution in [0, 0.1) is 0 Å². The molecule has 1 aliphatic rings. The van der Waals surface area contributed by atoms with Gasteiger partial charge in [-0.25, -0.2) is 0 Å². The Morgan fingerprint density at radius 1 is 1.53 bits per heavy atom. The standard InChI is InChI=1S/C14H18O3/c1-2-8-16-12-6-3-5-11(10-12)14(15)13-7-4-9-17-13/h3,5-6,10,13H,2,4,7-9H2,1H3. The molecular weight excluding hydrogens is 216 g/mol. The van der Waals surface area contributed by atoms with E-state index < -0.39 is 0 Å². The van der Waals surface area contributed by atoms with Crippen LogP contribution in [0.2, 0.25) is 0 Å². The first-order chi connectivity index (χ1) is 8.31. The zero-order valence-electron chi connectivity index (χ0n) is 10.1. The number of ketones is 1. The normalized spacial score (nSPS) is 19.2. The molecule has 1 heterocycles. The highest BCUT2D eigenvalue weighted by Gasteiger charge is 2.24. The van der Waals surface area contributed by atoms with Gasteiger partial charge in [-0.05, 0) is 31.4 Å². The van der Waals surface area contributed by atoms with Crippen LogP contribution < -0.4 is 4.74 Å². The maximum Gasteiger partial charge on any atom is 0.191 e.